The Bertz CT molecular complexity index is 377. The lowest BCUT2D eigenvalue weighted by Crippen LogP contribution is -2.15. The standard InChI is InChI=1S/C13H16O3/c1-9(2)16-13(15)8-12(14)11-6-4-10(3)5-7-11/h4-7,9H,8H2,1-3H3. The molecule has 86 valence electrons. The summed E-state index contributed by atoms with van der Waals surface area (Å²) in [5.74, 6) is -0.675. The summed E-state index contributed by atoms with van der Waals surface area (Å²) in [6, 6.07) is 7.14. The predicted molar refractivity (Wildman–Crippen MR) is 61.4 cm³/mol. The van der Waals surface area contributed by atoms with E-state index in [1.54, 1.807) is 26.0 Å². The Morgan fingerprint density at radius 1 is 1.19 bits per heavy atom. The maximum absolute atomic E-state index is 11.6. The van der Waals surface area contributed by atoms with Crippen molar-refractivity contribution in [2.24, 2.45) is 0 Å². The van der Waals surface area contributed by atoms with Gasteiger partial charge in [0.15, 0.2) is 5.78 Å². The number of rotatable bonds is 4. The fourth-order valence-electron chi connectivity index (χ4n) is 1.28. The van der Waals surface area contributed by atoms with Gasteiger partial charge in [0.1, 0.15) is 6.42 Å². The molecule has 0 amide bonds. The Hall–Kier alpha value is -1.64. The highest BCUT2D eigenvalue weighted by atomic mass is 16.5. The summed E-state index contributed by atoms with van der Waals surface area (Å²) in [5.41, 5.74) is 1.63. The van der Waals surface area contributed by atoms with Gasteiger partial charge in [0.05, 0.1) is 6.10 Å². The smallest absolute Gasteiger partial charge is 0.313 e. The van der Waals surface area contributed by atoms with Crippen LogP contribution in [0.25, 0.3) is 0 Å². The minimum Gasteiger partial charge on any atom is -0.463 e. The molecule has 0 fully saturated rings. The summed E-state index contributed by atoms with van der Waals surface area (Å²) in [5, 5.41) is 0. The molecule has 0 unspecified atom stereocenters. The van der Waals surface area contributed by atoms with Crippen LogP contribution in [0.1, 0.15) is 36.2 Å². The van der Waals surface area contributed by atoms with E-state index in [-0.39, 0.29) is 18.3 Å². The number of hydrogen-bond acceptors (Lipinski definition) is 3. The van der Waals surface area contributed by atoms with E-state index in [9.17, 15) is 9.59 Å². The van der Waals surface area contributed by atoms with E-state index in [1.807, 2.05) is 19.1 Å². The molecule has 0 heterocycles. The van der Waals surface area contributed by atoms with Gasteiger partial charge in [-0.15, -0.1) is 0 Å². The highest BCUT2D eigenvalue weighted by molar-refractivity contribution is 6.05. The van der Waals surface area contributed by atoms with Crippen LogP contribution < -0.4 is 0 Å². The molecular weight excluding hydrogens is 204 g/mol. The van der Waals surface area contributed by atoms with Crippen molar-refractivity contribution >= 4 is 11.8 Å². The van der Waals surface area contributed by atoms with Crippen LogP contribution in [0.4, 0.5) is 0 Å². The van der Waals surface area contributed by atoms with Crippen molar-refractivity contribution in [2.45, 2.75) is 33.3 Å². The molecule has 0 radical (unpaired) electrons. The number of esters is 1. The molecule has 0 aliphatic carbocycles. The fraction of sp³-hybridized carbons (Fsp3) is 0.385. The number of hydrogen-bond donors (Lipinski definition) is 0. The van der Waals surface area contributed by atoms with E-state index in [4.69, 9.17) is 4.74 Å². The highest BCUT2D eigenvalue weighted by Gasteiger charge is 2.13. The first-order valence-electron chi connectivity index (χ1n) is 5.28. The van der Waals surface area contributed by atoms with Gasteiger partial charge >= 0.3 is 5.97 Å². The van der Waals surface area contributed by atoms with Crippen molar-refractivity contribution in [3.63, 3.8) is 0 Å². The van der Waals surface area contributed by atoms with Crippen LogP contribution in [-0.2, 0) is 9.53 Å². The number of ether oxygens (including phenoxy) is 1. The lowest BCUT2D eigenvalue weighted by atomic mass is 10.1. The van der Waals surface area contributed by atoms with Gasteiger partial charge in [-0.1, -0.05) is 29.8 Å². The monoisotopic (exact) mass is 220 g/mol. The largest absolute Gasteiger partial charge is 0.463 e. The summed E-state index contributed by atoms with van der Waals surface area (Å²) in [6.45, 7) is 5.46. The molecule has 0 aliphatic heterocycles. The Balaban J connectivity index is 2.59. The average molecular weight is 220 g/mol. The van der Waals surface area contributed by atoms with Crippen LogP contribution in [0, 0.1) is 6.92 Å². The SMILES string of the molecule is Cc1ccc(C(=O)CC(=O)OC(C)C)cc1. The third-order valence-electron chi connectivity index (χ3n) is 2.05. The fourth-order valence-corrected chi connectivity index (χ4v) is 1.28. The molecule has 3 nitrogen and oxygen atoms in total. The molecule has 1 rings (SSSR count). The minimum absolute atomic E-state index is 0.182. The molecule has 0 bridgehead atoms. The molecule has 3 heteroatoms. The number of ketones is 1. The highest BCUT2D eigenvalue weighted by Crippen LogP contribution is 2.07. The number of benzene rings is 1. The van der Waals surface area contributed by atoms with Crippen LogP contribution in [-0.4, -0.2) is 17.9 Å². The predicted octanol–water partition coefficient (Wildman–Crippen LogP) is 2.52. The van der Waals surface area contributed by atoms with E-state index in [1.165, 1.54) is 0 Å². The van der Waals surface area contributed by atoms with Crippen LogP contribution in [0.3, 0.4) is 0 Å². The topological polar surface area (TPSA) is 43.4 Å². The van der Waals surface area contributed by atoms with Crippen LogP contribution in [0.2, 0.25) is 0 Å². The third-order valence-corrected chi connectivity index (χ3v) is 2.05. The third kappa shape index (κ3) is 3.85. The van der Waals surface area contributed by atoms with Gasteiger partial charge in [-0.2, -0.15) is 0 Å². The molecule has 1 aromatic rings. The molecular formula is C13H16O3. The number of aryl methyl sites for hydroxylation is 1. The number of carbonyl (C=O) groups is 2. The molecule has 0 saturated heterocycles. The molecule has 0 atom stereocenters. The first-order chi connectivity index (χ1) is 7.49. The van der Waals surface area contributed by atoms with Gasteiger partial charge in [0, 0.05) is 5.56 Å². The molecule has 0 aliphatic rings. The Morgan fingerprint density at radius 2 is 1.75 bits per heavy atom. The van der Waals surface area contributed by atoms with Crippen LogP contribution in [0.5, 0.6) is 0 Å². The van der Waals surface area contributed by atoms with Crippen molar-refractivity contribution in [3.8, 4) is 0 Å². The van der Waals surface area contributed by atoms with Crippen molar-refractivity contribution < 1.29 is 14.3 Å². The lowest BCUT2D eigenvalue weighted by Gasteiger charge is -2.07. The van der Waals surface area contributed by atoms with Crippen molar-refractivity contribution in [3.05, 3.63) is 35.4 Å². The minimum atomic E-state index is -0.472. The molecule has 0 aromatic heterocycles. The average Bonchev–Trinajstić information content (AvgIpc) is 2.16. The summed E-state index contributed by atoms with van der Waals surface area (Å²) in [4.78, 5) is 22.9. The number of carbonyl (C=O) groups excluding carboxylic acids is 2. The maximum Gasteiger partial charge on any atom is 0.313 e. The maximum atomic E-state index is 11.6. The second kappa shape index (κ2) is 5.45. The summed E-state index contributed by atoms with van der Waals surface area (Å²) in [7, 11) is 0. The van der Waals surface area contributed by atoms with Gasteiger partial charge in [-0.3, -0.25) is 9.59 Å². The van der Waals surface area contributed by atoms with E-state index in [0.717, 1.165) is 5.56 Å². The van der Waals surface area contributed by atoms with E-state index in [2.05, 4.69) is 0 Å². The second-order valence-corrected chi connectivity index (χ2v) is 4.00. The molecule has 0 spiro atoms. The molecule has 1 aromatic carbocycles. The Labute approximate surface area is 95.4 Å². The van der Waals surface area contributed by atoms with Gasteiger partial charge < -0.3 is 4.74 Å². The Morgan fingerprint density at radius 3 is 2.25 bits per heavy atom. The van der Waals surface area contributed by atoms with Crippen molar-refractivity contribution in [1.82, 2.24) is 0 Å². The van der Waals surface area contributed by atoms with E-state index in [0.29, 0.717) is 5.56 Å². The molecule has 0 N–H and O–H groups in total. The number of Topliss-reactive ketones (excluding diaryl/α,β-unsaturated/α-hetero) is 1. The van der Waals surface area contributed by atoms with Gasteiger partial charge in [-0.05, 0) is 20.8 Å². The zero-order valence-electron chi connectivity index (χ0n) is 9.82. The quantitative estimate of drug-likeness (QED) is 0.445. The summed E-state index contributed by atoms with van der Waals surface area (Å²) in [6.07, 6.45) is -0.375. The Kier molecular flexibility index (Phi) is 4.23. The van der Waals surface area contributed by atoms with Crippen LogP contribution >= 0.6 is 0 Å². The van der Waals surface area contributed by atoms with Crippen molar-refractivity contribution in [1.29, 1.82) is 0 Å². The van der Waals surface area contributed by atoms with Crippen LogP contribution in [0.15, 0.2) is 24.3 Å². The summed E-state index contributed by atoms with van der Waals surface area (Å²) >= 11 is 0. The summed E-state index contributed by atoms with van der Waals surface area (Å²) < 4.78 is 4.91. The zero-order chi connectivity index (χ0) is 12.1. The first kappa shape index (κ1) is 12.4. The zero-order valence-corrected chi connectivity index (χ0v) is 9.82. The normalized spacial score (nSPS) is 10.2. The second-order valence-electron chi connectivity index (χ2n) is 4.00. The van der Waals surface area contributed by atoms with E-state index >= 15 is 0 Å². The lowest BCUT2D eigenvalue weighted by molar-refractivity contribution is -0.146. The van der Waals surface area contributed by atoms with E-state index < -0.39 is 5.97 Å². The van der Waals surface area contributed by atoms with Gasteiger partial charge in [-0.25, -0.2) is 0 Å². The van der Waals surface area contributed by atoms with Gasteiger partial charge in [0.25, 0.3) is 0 Å². The molecule has 16 heavy (non-hydrogen) atoms. The van der Waals surface area contributed by atoms with Crippen molar-refractivity contribution in [2.75, 3.05) is 0 Å². The van der Waals surface area contributed by atoms with Gasteiger partial charge in [0.2, 0.25) is 0 Å². The first-order valence-corrected chi connectivity index (χ1v) is 5.28. The molecule has 0 saturated carbocycles.